The van der Waals surface area contributed by atoms with E-state index < -0.39 is 29.7 Å². The lowest BCUT2D eigenvalue weighted by atomic mass is 10.0. The average Bonchev–Trinajstić information content (AvgIpc) is 3.33. The first-order valence-corrected chi connectivity index (χ1v) is 9.48. The van der Waals surface area contributed by atoms with Crippen molar-refractivity contribution >= 4 is 23.6 Å². The Kier molecular flexibility index (Phi) is 5.24. The molecule has 1 unspecified atom stereocenters. The number of rotatable bonds is 6. The van der Waals surface area contributed by atoms with Gasteiger partial charge in [-0.2, -0.15) is 4.98 Å². The molecular weight excluding hydrogens is 406 g/mol. The van der Waals surface area contributed by atoms with Crippen molar-refractivity contribution < 1.29 is 28.4 Å². The van der Waals surface area contributed by atoms with Crippen molar-refractivity contribution in [3.63, 3.8) is 0 Å². The van der Waals surface area contributed by atoms with Crippen LogP contribution >= 0.6 is 0 Å². The fraction of sp³-hybridized carbons (Fsp3) is 0.300. The van der Waals surface area contributed by atoms with E-state index in [0.29, 0.717) is 17.1 Å². The highest BCUT2D eigenvalue weighted by Gasteiger charge is 2.43. The Morgan fingerprint density at radius 2 is 2.10 bits per heavy atom. The SMILES string of the molecule is COc1cccc(-c2noc(CN(C)C3=CC(=O)N(C4CCC(=O)NC4=O)C3=O)n2)c1. The van der Waals surface area contributed by atoms with Crippen molar-refractivity contribution in [3.8, 4) is 17.1 Å². The summed E-state index contributed by atoms with van der Waals surface area (Å²) in [6.07, 6.45) is 1.32. The molecule has 1 atom stereocenters. The standard InChI is InChI=1S/C20H19N5O6/c1-24(10-16-22-18(23-31-16)11-4-3-5-12(8-11)30-2)14-9-17(27)25(20(14)29)13-6-7-15(26)21-19(13)28/h3-5,8-9,13H,6-7,10H2,1-2H3,(H,21,26,28). The van der Waals surface area contributed by atoms with Gasteiger partial charge in [-0.1, -0.05) is 17.3 Å². The van der Waals surface area contributed by atoms with Crippen molar-refractivity contribution in [2.24, 2.45) is 0 Å². The highest BCUT2D eigenvalue weighted by Crippen LogP contribution is 2.25. The second-order valence-corrected chi connectivity index (χ2v) is 7.11. The Balaban J connectivity index is 1.46. The largest absolute Gasteiger partial charge is 0.497 e. The fourth-order valence-electron chi connectivity index (χ4n) is 3.46. The molecule has 11 nitrogen and oxygen atoms in total. The molecule has 1 aromatic heterocycles. The molecule has 2 aliphatic heterocycles. The molecular formula is C20H19N5O6. The van der Waals surface area contributed by atoms with Crippen LogP contribution in [-0.4, -0.2) is 63.8 Å². The van der Waals surface area contributed by atoms with Gasteiger partial charge in [0, 0.05) is 25.1 Å². The number of carbonyl (C=O) groups excluding carboxylic acids is 4. The van der Waals surface area contributed by atoms with Gasteiger partial charge in [-0.25, -0.2) is 0 Å². The van der Waals surface area contributed by atoms with Crippen LogP contribution in [0.5, 0.6) is 5.75 Å². The average molecular weight is 425 g/mol. The van der Waals surface area contributed by atoms with Crippen molar-refractivity contribution in [2.75, 3.05) is 14.2 Å². The Bertz CT molecular complexity index is 1110. The van der Waals surface area contributed by atoms with Gasteiger partial charge in [-0.3, -0.25) is 29.4 Å². The number of nitrogens with zero attached hydrogens (tertiary/aromatic N) is 4. The smallest absolute Gasteiger partial charge is 0.277 e. The molecule has 0 spiro atoms. The lowest BCUT2D eigenvalue weighted by Crippen LogP contribution is -2.54. The first-order chi connectivity index (χ1) is 14.9. The minimum absolute atomic E-state index is 0.0632. The number of aromatic nitrogens is 2. The summed E-state index contributed by atoms with van der Waals surface area (Å²) in [4.78, 5) is 55.3. The van der Waals surface area contributed by atoms with Crippen LogP contribution < -0.4 is 10.1 Å². The summed E-state index contributed by atoms with van der Waals surface area (Å²) in [5.74, 6) is -1.06. The summed E-state index contributed by atoms with van der Waals surface area (Å²) in [6.45, 7) is 0.0744. The maximum absolute atomic E-state index is 12.8. The van der Waals surface area contributed by atoms with Crippen molar-refractivity contribution in [2.45, 2.75) is 25.4 Å². The molecule has 1 saturated heterocycles. The molecule has 0 saturated carbocycles. The van der Waals surface area contributed by atoms with Crippen LogP contribution in [0, 0.1) is 0 Å². The third kappa shape index (κ3) is 3.89. The first-order valence-electron chi connectivity index (χ1n) is 9.48. The lowest BCUT2D eigenvalue weighted by molar-refractivity contribution is -0.150. The third-order valence-corrected chi connectivity index (χ3v) is 5.04. The van der Waals surface area contributed by atoms with Gasteiger partial charge < -0.3 is 14.2 Å². The minimum Gasteiger partial charge on any atom is -0.497 e. The molecule has 11 heteroatoms. The summed E-state index contributed by atoms with van der Waals surface area (Å²) < 4.78 is 10.5. The van der Waals surface area contributed by atoms with Gasteiger partial charge >= 0.3 is 0 Å². The summed E-state index contributed by atoms with van der Waals surface area (Å²) >= 11 is 0. The summed E-state index contributed by atoms with van der Waals surface area (Å²) in [5, 5.41) is 6.10. The number of carbonyl (C=O) groups is 4. The number of hydrogen-bond acceptors (Lipinski definition) is 9. The van der Waals surface area contributed by atoms with Crippen LogP contribution in [0.15, 0.2) is 40.6 Å². The maximum atomic E-state index is 12.8. The van der Waals surface area contributed by atoms with Gasteiger partial charge in [0.05, 0.1) is 13.7 Å². The number of nitrogens with one attached hydrogen (secondary N) is 1. The molecule has 31 heavy (non-hydrogen) atoms. The third-order valence-electron chi connectivity index (χ3n) is 5.04. The Labute approximate surface area is 176 Å². The topological polar surface area (TPSA) is 135 Å². The molecule has 1 N–H and O–H groups in total. The molecule has 0 radical (unpaired) electrons. The van der Waals surface area contributed by atoms with Gasteiger partial charge in [0.15, 0.2) is 0 Å². The number of ether oxygens (including phenoxy) is 1. The van der Waals surface area contributed by atoms with Crippen LogP contribution in [0.3, 0.4) is 0 Å². The van der Waals surface area contributed by atoms with Crippen molar-refractivity contribution in [1.29, 1.82) is 0 Å². The Morgan fingerprint density at radius 1 is 1.29 bits per heavy atom. The van der Waals surface area contributed by atoms with Crippen LogP contribution in [0.1, 0.15) is 18.7 Å². The van der Waals surface area contributed by atoms with Crippen LogP contribution in [0.2, 0.25) is 0 Å². The Hall–Kier alpha value is -4.02. The van der Waals surface area contributed by atoms with E-state index in [-0.39, 0.29) is 31.0 Å². The number of amides is 4. The minimum atomic E-state index is -1.01. The Morgan fingerprint density at radius 3 is 2.84 bits per heavy atom. The van der Waals surface area contributed by atoms with Crippen molar-refractivity contribution in [1.82, 2.24) is 25.3 Å². The summed E-state index contributed by atoms with van der Waals surface area (Å²) in [5.41, 5.74) is 0.795. The zero-order valence-electron chi connectivity index (χ0n) is 16.8. The number of likely N-dealkylation sites (N-methyl/N-ethyl adjacent to an activating group) is 1. The molecule has 4 amide bonds. The van der Waals surface area contributed by atoms with Crippen LogP contribution in [0.4, 0.5) is 0 Å². The second kappa shape index (κ2) is 8.01. The molecule has 4 rings (SSSR count). The van der Waals surface area contributed by atoms with Crippen LogP contribution in [0.25, 0.3) is 11.4 Å². The molecule has 0 bridgehead atoms. The molecule has 0 aliphatic carbocycles. The summed E-state index contributed by atoms with van der Waals surface area (Å²) in [6, 6.07) is 6.15. The number of hydrogen-bond donors (Lipinski definition) is 1. The van der Waals surface area contributed by atoms with Gasteiger partial charge in [0.2, 0.25) is 23.5 Å². The monoisotopic (exact) mass is 425 g/mol. The van der Waals surface area contributed by atoms with Crippen molar-refractivity contribution in [3.05, 3.63) is 41.9 Å². The normalized spacial score (nSPS) is 18.8. The maximum Gasteiger partial charge on any atom is 0.277 e. The number of methoxy groups -OCH3 is 1. The van der Waals surface area contributed by atoms with E-state index in [1.54, 1.807) is 38.4 Å². The predicted octanol–water partition coefficient (Wildman–Crippen LogP) is 0.235. The number of imide groups is 2. The number of benzene rings is 1. The quantitative estimate of drug-likeness (QED) is 0.645. The lowest BCUT2D eigenvalue weighted by Gasteiger charge is -2.29. The molecule has 160 valence electrons. The van der Waals surface area contributed by atoms with E-state index in [1.165, 1.54) is 4.90 Å². The van der Waals surface area contributed by atoms with Gasteiger partial charge in [-0.15, -0.1) is 0 Å². The molecule has 2 aromatic rings. The van der Waals surface area contributed by atoms with E-state index in [2.05, 4.69) is 15.5 Å². The van der Waals surface area contributed by atoms with E-state index >= 15 is 0 Å². The van der Waals surface area contributed by atoms with E-state index in [9.17, 15) is 19.2 Å². The fourth-order valence-corrected chi connectivity index (χ4v) is 3.46. The number of piperidine rings is 1. The van der Waals surface area contributed by atoms with Gasteiger partial charge in [0.25, 0.3) is 11.8 Å². The second-order valence-electron chi connectivity index (χ2n) is 7.11. The molecule has 1 aromatic carbocycles. The van der Waals surface area contributed by atoms with Gasteiger partial charge in [-0.05, 0) is 18.6 Å². The van der Waals surface area contributed by atoms with E-state index in [0.717, 1.165) is 11.0 Å². The highest BCUT2D eigenvalue weighted by molar-refractivity contribution is 6.18. The zero-order chi connectivity index (χ0) is 22.1. The van der Waals surface area contributed by atoms with E-state index in [4.69, 9.17) is 9.26 Å². The predicted molar refractivity (Wildman–Crippen MR) is 104 cm³/mol. The molecule has 2 aliphatic rings. The van der Waals surface area contributed by atoms with Gasteiger partial charge in [0.1, 0.15) is 17.5 Å². The summed E-state index contributed by atoms with van der Waals surface area (Å²) in [7, 11) is 3.15. The highest BCUT2D eigenvalue weighted by atomic mass is 16.5. The molecule has 3 heterocycles. The first kappa shape index (κ1) is 20.3. The zero-order valence-corrected chi connectivity index (χ0v) is 16.8. The molecule has 1 fully saturated rings. The van der Waals surface area contributed by atoms with E-state index in [1.807, 2.05) is 0 Å². The van der Waals surface area contributed by atoms with Crippen LogP contribution in [-0.2, 0) is 25.7 Å².